The van der Waals surface area contributed by atoms with Gasteiger partial charge in [-0.3, -0.25) is 0 Å². The zero-order valence-electron chi connectivity index (χ0n) is 7.19. The van der Waals surface area contributed by atoms with Crippen LogP contribution in [-0.2, 0) is 4.74 Å². The van der Waals surface area contributed by atoms with E-state index in [1.54, 1.807) is 18.4 Å². The molecule has 0 saturated carbocycles. The lowest BCUT2D eigenvalue weighted by atomic mass is 10.2. The second kappa shape index (κ2) is 5.30. The van der Waals surface area contributed by atoms with Gasteiger partial charge in [0.1, 0.15) is 0 Å². The van der Waals surface area contributed by atoms with Gasteiger partial charge in [0.15, 0.2) is 0 Å². The number of ether oxygens (including phenoxy) is 1. The molecule has 0 amide bonds. The lowest BCUT2D eigenvalue weighted by Crippen LogP contribution is -1.97. The van der Waals surface area contributed by atoms with Gasteiger partial charge in [0.05, 0.1) is 6.10 Å². The minimum absolute atomic E-state index is 0.305. The Balaban J connectivity index is 2.25. The van der Waals surface area contributed by atoms with Crippen LogP contribution in [0.25, 0.3) is 0 Å². The SMILES string of the molecule is COCCCC(O)c1cccs1. The Kier molecular flexibility index (Phi) is 4.29. The second-order valence-electron chi connectivity index (χ2n) is 2.67. The molecule has 0 fully saturated rings. The number of hydrogen-bond acceptors (Lipinski definition) is 3. The fraction of sp³-hybridized carbons (Fsp3) is 0.556. The minimum Gasteiger partial charge on any atom is -0.388 e. The largest absolute Gasteiger partial charge is 0.388 e. The van der Waals surface area contributed by atoms with Gasteiger partial charge in [-0.05, 0) is 24.3 Å². The molecule has 0 aliphatic carbocycles. The molecular weight excluding hydrogens is 172 g/mol. The van der Waals surface area contributed by atoms with Gasteiger partial charge in [0.2, 0.25) is 0 Å². The van der Waals surface area contributed by atoms with Crippen molar-refractivity contribution >= 4 is 11.3 Å². The molecule has 1 aromatic heterocycles. The molecule has 0 aromatic carbocycles. The van der Waals surface area contributed by atoms with Crippen molar-refractivity contribution in [2.24, 2.45) is 0 Å². The highest BCUT2D eigenvalue weighted by atomic mass is 32.1. The maximum Gasteiger partial charge on any atom is 0.0882 e. The van der Waals surface area contributed by atoms with Crippen LogP contribution in [0.3, 0.4) is 0 Å². The first-order valence-corrected chi connectivity index (χ1v) is 4.93. The van der Waals surface area contributed by atoms with Crippen LogP contribution in [0.15, 0.2) is 17.5 Å². The van der Waals surface area contributed by atoms with Crippen molar-refractivity contribution < 1.29 is 9.84 Å². The Labute approximate surface area is 76.8 Å². The van der Waals surface area contributed by atoms with Crippen LogP contribution < -0.4 is 0 Å². The molecule has 1 rings (SSSR count). The average molecular weight is 186 g/mol. The fourth-order valence-electron chi connectivity index (χ4n) is 1.04. The summed E-state index contributed by atoms with van der Waals surface area (Å²) in [5.41, 5.74) is 0. The number of hydrogen-bond donors (Lipinski definition) is 1. The highest BCUT2D eigenvalue weighted by Crippen LogP contribution is 2.22. The Hall–Kier alpha value is -0.380. The van der Waals surface area contributed by atoms with Crippen molar-refractivity contribution in [3.8, 4) is 0 Å². The second-order valence-corrected chi connectivity index (χ2v) is 3.65. The third kappa shape index (κ3) is 2.93. The fourth-order valence-corrected chi connectivity index (χ4v) is 1.79. The van der Waals surface area contributed by atoms with Crippen molar-refractivity contribution in [2.75, 3.05) is 13.7 Å². The average Bonchev–Trinajstić information content (AvgIpc) is 2.56. The molecule has 1 N–H and O–H groups in total. The Bertz CT molecular complexity index is 196. The van der Waals surface area contributed by atoms with E-state index in [2.05, 4.69) is 0 Å². The third-order valence-electron chi connectivity index (χ3n) is 1.70. The molecule has 0 bridgehead atoms. The summed E-state index contributed by atoms with van der Waals surface area (Å²) in [4.78, 5) is 1.05. The number of thiophene rings is 1. The zero-order chi connectivity index (χ0) is 8.81. The first-order valence-electron chi connectivity index (χ1n) is 4.05. The molecule has 0 radical (unpaired) electrons. The number of rotatable bonds is 5. The standard InChI is InChI=1S/C9H14O2S/c1-11-6-2-4-8(10)9-5-3-7-12-9/h3,5,7-8,10H,2,4,6H2,1H3. The van der Waals surface area contributed by atoms with Crippen molar-refractivity contribution in [2.45, 2.75) is 18.9 Å². The Morgan fingerprint density at radius 3 is 3.08 bits per heavy atom. The maximum atomic E-state index is 9.59. The van der Waals surface area contributed by atoms with E-state index in [0.717, 1.165) is 24.3 Å². The van der Waals surface area contributed by atoms with E-state index in [-0.39, 0.29) is 6.10 Å². The highest BCUT2D eigenvalue weighted by Gasteiger charge is 2.06. The van der Waals surface area contributed by atoms with Crippen LogP contribution in [0.1, 0.15) is 23.8 Å². The molecule has 12 heavy (non-hydrogen) atoms. The Morgan fingerprint density at radius 2 is 2.50 bits per heavy atom. The van der Waals surface area contributed by atoms with Gasteiger partial charge >= 0.3 is 0 Å². The van der Waals surface area contributed by atoms with Gasteiger partial charge in [-0.25, -0.2) is 0 Å². The molecular formula is C9H14O2S. The van der Waals surface area contributed by atoms with Gasteiger partial charge in [0, 0.05) is 18.6 Å². The summed E-state index contributed by atoms with van der Waals surface area (Å²) in [5.74, 6) is 0. The van der Waals surface area contributed by atoms with Gasteiger partial charge < -0.3 is 9.84 Å². The summed E-state index contributed by atoms with van der Waals surface area (Å²) in [6, 6.07) is 3.92. The van der Waals surface area contributed by atoms with Gasteiger partial charge in [-0.15, -0.1) is 11.3 Å². The van der Waals surface area contributed by atoms with Crippen LogP contribution >= 0.6 is 11.3 Å². The van der Waals surface area contributed by atoms with Gasteiger partial charge in [-0.1, -0.05) is 6.07 Å². The molecule has 0 aliphatic heterocycles. The van der Waals surface area contributed by atoms with Crippen LogP contribution in [0.2, 0.25) is 0 Å². The van der Waals surface area contributed by atoms with E-state index in [0.29, 0.717) is 0 Å². The summed E-state index contributed by atoms with van der Waals surface area (Å²) in [6.45, 7) is 0.725. The van der Waals surface area contributed by atoms with Crippen molar-refractivity contribution in [3.63, 3.8) is 0 Å². The quantitative estimate of drug-likeness (QED) is 0.714. The highest BCUT2D eigenvalue weighted by molar-refractivity contribution is 7.10. The lowest BCUT2D eigenvalue weighted by molar-refractivity contribution is 0.138. The van der Waals surface area contributed by atoms with Gasteiger partial charge in [-0.2, -0.15) is 0 Å². The molecule has 3 heteroatoms. The van der Waals surface area contributed by atoms with Crippen LogP contribution in [0, 0.1) is 0 Å². The van der Waals surface area contributed by atoms with E-state index in [9.17, 15) is 5.11 Å². The summed E-state index contributed by atoms with van der Waals surface area (Å²) in [5, 5.41) is 11.6. The van der Waals surface area contributed by atoms with E-state index >= 15 is 0 Å². The third-order valence-corrected chi connectivity index (χ3v) is 2.67. The van der Waals surface area contributed by atoms with Crippen molar-refractivity contribution in [1.82, 2.24) is 0 Å². The molecule has 2 nitrogen and oxygen atoms in total. The summed E-state index contributed by atoms with van der Waals surface area (Å²) < 4.78 is 4.90. The summed E-state index contributed by atoms with van der Waals surface area (Å²) >= 11 is 1.60. The van der Waals surface area contributed by atoms with Crippen LogP contribution in [0.4, 0.5) is 0 Å². The van der Waals surface area contributed by atoms with Crippen molar-refractivity contribution in [1.29, 1.82) is 0 Å². The normalized spacial score (nSPS) is 13.2. The molecule has 0 saturated heterocycles. The van der Waals surface area contributed by atoms with E-state index in [1.165, 1.54) is 0 Å². The minimum atomic E-state index is -0.305. The summed E-state index contributed by atoms with van der Waals surface area (Å²) in [6.07, 6.45) is 1.39. The van der Waals surface area contributed by atoms with Crippen LogP contribution in [0.5, 0.6) is 0 Å². The number of methoxy groups -OCH3 is 1. The first kappa shape index (κ1) is 9.71. The summed E-state index contributed by atoms with van der Waals surface area (Å²) in [7, 11) is 1.68. The van der Waals surface area contributed by atoms with Crippen LogP contribution in [-0.4, -0.2) is 18.8 Å². The lowest BCUT2D eigenvalue weighted by Gasteiger charge is -2.06. The number of aliphatic hydroxyl groups excluding tert-OH is 1. The molecule has 0 spiro atoms. The molecule has 1 aromatic rings. The van der Waals surface area contributed by atoms with Crippen molar-refractivity contribution in [3.05, 3.63) is 22.4 Å². The Morgan fingerprint density at radius 1 is 1.67 bits per heavy atom. The number of aliphatic hydroxyl groups is 1. The van der Waals surface area contributed by atoms with Gasteiger partial charge in [0.25, 0.3) is 0 Å². The molecule has 1 atom stereocenters. The molecule has 0 aliphatic rings. The van der Waals surface area contributed by atoms with E-state index in [1.807, 2.05) is 17.5 Å². The molecule has 1 heterocycles. The first-order chi connectivity index (χ1) is 5.84. The van der Waals surface area contributed by atoms with E-state index in [4.69, 9.17) is 4.74 Å². The maximum absolute atomic E-state index is 9.59. The molecule has 1 unspecified atom stereocenters. The predicted octanol–water partition coefficient (Wildman–Crippen LogP) is 2.21. The predicted molar refractivity (Wildman–Crippen MR) is 50.4 cm³/mol. The topological polar surface area (TPSA) is 29.5 Å². The van der Waals surface area contributed by atoms with E-state index < -0.39 is 0 Å². The molecule has 68 valence electrons. The monoisotopic (exact) mass is 186 g/mol. The zero-order valence-corrected chi connectivity index (χ0v) is 8.01. The smallest absolute Gasteiger partial charge is 0.0882 e.